The van der Waals surface area contributed by atoms with Crippen LogP contribution in [0.25, 0.3) is 20.8 Å². The van der Waals surface area contributed by atoms with Crippen molar-refractivity contribution in [3.05, 3.63) is 40.4 Å². The third kappa shape index (κ3) is 4.58. The Balaban J connectivity index is 1.49. The molecule has 2 fully saturated rings. The first kappa shape index (κ1) is 21.8. The van der Waals surface area contributed by atoms with Crippen molar-refractivity contribution in [2.45, 2.75) is 37.6 Å². The first-order chi connectivity index (χ1) is 16.1. The Bertz CT molecular complexity index is 1160. The molecule has 5 rings (SSSR count). The van der Waals surface area contributed by atoms with Crippen LogP contribution in [-0.4, -0.2) is 65.3 Å². The van der Waals surface area contributed by atoms with Gasteiger partial charge in [0.2, 0.25) is 0 Å². The van der Waals surface area contributed by atoms with Crippen LogP contribution in [0, 0.1) is 0 Å². The molecule has 174 valence electrons. The van der Waals surface area contributed by atoms with Gasteiger partial charge in [-0.25, -0.2) is 14.8 Å². The van der Waals surface area contributed by atoms with E-state index < -0.39 is 0 Å². The number of fused-ring (bicyclic) bond motifs is 1. The average Bonchev–Trinajstić information content (AvgIpc) is 3.27. The first-order valence-electron chi connectivity index (χ1n) is 11.4. The molecular weight excluding hydrogens is 440 g/mol. The van der Waals surface area contributed by atoms with E-state index in [0.717, 1.165) is 49.0 Å². The second-order valence-electron chi connectivity index (χ2n) is 8.58. The zero-order chi connectivity index (χ0) is 22.8. The van der Waals surface area contributed by atoms with E-state index in [-0.39, 0.29) is 23.6 Å². The van der Waals surface area contributed by atoms with E-state index >= 15 is 0 Å². The number of carbonyl (C=O) groups is 1. The standard InChI is InChI=1S/C23H28N6O3S/c1-32-23(31)29-11-8-14(9-12-29)19-27-20(25-15-5-4-10-24-13-15)18(21(30)28-19)22-26-16-6-2-3-7-17(16)33-22/h2-3,6-7,14-15,24H,4-5,8-13H2,1H3,(H2,25,27,28,30). The SMILES string of the molecule is COC(=O)N1CCC(c2nc(NC3CCCNC3)c(-c3nc4ccccc4s3)c(=O)[nH]2)CC1. The number of methoxy groups -OCH3 is 1. The molecule has 4 heterocycles. The molecular formula is C23H28N6O3S. The Morgan fingerprint density at radius 3 is 2.76 bits per heavy atom. The summed E-state index contributed by atoms with van der Waals surface area (Å²) < 4.78 is 5.87. The van der Waals surface area contributed by atoms with Crippen LogP contribution < -0.4 is 16.2 Å². The van der Waals surface area contributed by atoms with Crippen molar-refractivity contribution in [1.29, 1.82) is 0 Å². The minimum absolute atomic E-state index is 0.0769. The normalized spacial score (nSPS) is 19.5. The maximum absolute atomic E-state index is 13.4. The van der Waals surface area contributed by atoms with E-state index in [2.05, 4.69) is 15.6 Å². The number of amides is 1. The van der Waals surface area contributed by atoms with Crippen molar-refractivity contribution in [3.8, 4) is 10.6 Å². The molecule has 1 amide bonds. The van der Waals surface area contributed by atoms with Gasteiger partial charge in [-0.1, -0.05) is 12.1 Å². The van der Waals surface area contributed by atoms with Crippen molar-refractivity contribution in [1.82, 2.24) is 25.2 Å². The Kier molecular flexibility index (Phi) is 6.28. The van der Waals surface area contributed by atoms with Crippen LogP contribution in [0.1, 0.15) is 37.4 Å². The summed E-state index contributed by atoms with van der Waals surface area (Å²) in [5.74, 6) is 1.34. The third-order valence-corrected chi connectivity index (χ3v) is 7.45. The highest BCUT2D eigenvalue weighted by molar-refractivity contribution is 7.21. The fourth-order valence-electron chi connectivity index (χ4n) is 4.60. The molecule has 33 heavy (non-hydrogen) atoms. The second-order valence-corrected chi connectivity index (χ2v) is 9.61. The Morgan fingerprint density at radius 1 is 1.21 bits per heavy atom. The number of ether oxygens (including phenoxy) is 1. The highest BCUT2D eigenvalue weighted by Crippen LogP contribution is 2.33. The molecule has 3 aromatic rings. The number of carbonyl (C=O) groups excluding carboxylic acids is 1. The number of hydrogen-bond acceptors (Lipinski definition) is 8. The van der Waals surface area contributed by atoms with Gasteiger partial charge in [-0.3, -0.25) is 4.79 Å². The number of nitrogens with zero attached hydrogens (tertiary/aromatic N) is 3. The molecule has 2 aromatic heterocycles. The number of anilines is 1. The largest absolute Gasteiger partial charge is 0.453 e. The van der Waals surface area contributed by atoms with Crippen molar-refractivity contribution in [2.24, 2.45) is 0 Å². The van der Waals surface area contributed by atoms with Crippen LogP contribution in [0.5, 0.6) is 0 Å². The Morgan fingerprint density at radius 2 is 2.03 bits per heavy atom. The van der Waals surface area contributed by atoms with Gasteiger partial charge in [0.05, 0.1) is 17.3 Å². The van der Waals surface area contributed by atoms with Gasteiger partial charge in [-0.2, -0.15) is 0 Å². The zero-order valence-corrected chi connectivity index (χ0v) is 19.4. The smallest absolute Gasteiger partial charge is 0.409 e. The molecule has 0 aliphatic carbocycles. The van der Waals surface area contributed by atoms with Crippen molar-refractivity contribution < 1.29 is 9.53 Å². The summed E-state index contributed by atoms with van der Waals surface area (Å²) in [6, 6.07) is 8.10. The van der Waals surface area contributed by atoms with E-state index in [1.54, 1.807) is 4.90 Å². The summed E-state index contributed by atoms with van der Waals surface area (Å²) in [5, 5.41) is 7.62. The lowest BCUT2D eigenvalue weighted by atomic mass is 9.96. The molecule has 1 unspecified atom stereocenters. The molecule has 2 aliphatic rings. The number of hydrogen-bond donors (Lipinski definition) is 3. The molecule has 0 spiro atoms. The molecule has 0 saturated carbocycles. The van der Waals surface area contributed by atoms with Gasteiger partial charge in [-0.15, -0.1) is 11.3 Å². The monoisotopic (exact) mass is 468 g/mol. The molecule has 2 saturated heterocycles. The summed E-state index contributed by atoms with van der Waals surface area (Å²) in [4.78, 5) is 39.6. The van der Waals surface area contributed by atoms with E-state index in [9.17, 15) is 9.59 Å². The molecule has 1 atom stereocenters. The van der Waals surface area contributed by atoms with E-state index in [0.29, 0.717) is 35.3 Å². The van der Waals surface area contributed by atoms with Gasteiger partial charge in [0.1, 0.15) is 22.2 Å². The van der Waals surface area contributed by atoms with E-state index in [1.165, 1.54) is 18.4 Å². The lowest BCUT2D eigenvalue weighted by molar-refractivity contribution is 0.111. The van der Waals surface area contributed by atoms with Gasteiger partial charge in [0, 0.05) is 31.6 Å². The number of H-pyrrole nitrogens is 1. The number of benzene rings is 1. The van der Waals surface area contributed by atoms with Gasteiger partial charge >= 0.3 is 6.09 Å². The third-order valence-electron chi connectivity index (χ3n) is 6.40. The predicted octanol–water partition coefficient (Wildman–Crippen LogP) is 3.16. The lowest BCUT2D eigenvalue weighted by Gasteiger charge is -2.31. The summed E-state index contributed by atoms with van der Waals surface area (Å²) in [7, 11) is 1.40. The second kappa shape index (κ2) is 9.48. The fourth-order valence-corrected chi connectivity index (χ4v) is 5.61. The lowest BCUT2D eigenvalue weighted by Crippen LogP contribution is -2.40. The maximum Gasteiger partial charge on any atom is 0.409 e. The maximum atomic E-state index is 13.4. The molecule has 3 N–H and O–H groups in total. The molecule has 0 radical (unpaired) electrons. The molecule has 1 aromatic carbocycles. The fraction of sp³-hybridized carbons (Fsp3) is 0.478. The van der Waals surface area contributed by atoms with Crippen molar-refractivity contribution in [3.63, 3.8) is 0 Å². The minimum atomic E-state index is -0.312. The number of aromatic amines is 1. The van der Waals surface area contributed by atoms with Crippen LogP contribution >= 0.6 is 11.3 Å². The van der Waals surface area contributed by atoms with Crippen LogP contribution in [0.15, 0.2) is 29.1 Å². The van der Waals surface area contributed by atoms with E-state index in [1.807, 2.05) is 24.3 Å². The topological polar surface area (TPSA) is 112 Å². The summed E-state index contributed by atoms with van der Waals surface area (Å²) in [6.07, 6.45) is 3.24. The van der Waals surface area contributed by atoms with Crippen LogP contribution in [-0.2, 0) is 4.74 Å². The molecule has 9 nitrogen and oxygen atoms in total. The zero-order valence-electron chi connectivity index (χ0n) is 18.6. The highest BCUT2D eigenvalue weighted by atomic mass is 32.1. The molecule has 10 heteroatoms. The number of nitrogens with one attached hydrogen (secondary N) is 3. The van der Waals surface area contributed by atoms with Crippen molar-refractivity contribution >= 4 is 33.5 Å². The van der Waals surface area contributed by atoms with Crippen LogP contribution in [0.2, 0.25) is 0 Å². The van der Waals surface area contributed by atoms with E-state index in [4.69, 9.17) is 14.7 Å². The van der Waals surface area contributed by atoms with Crippen LogP contribution in [0.4, 0.5) is 10.6 Å². The van der Waals surface area contributed by atoms with Crippen LogP contribution in [0.3, 0.4) is 0 Å². The summed E-state index contributed by atoms with van der Waals surface area (Å²) in [5.41, 5.74) is 1.19. The Labute approximate surface area is 195 Å². The quantitative estimate of drug-likeness (QED) is 0.539. The average molecular weight is 469 g/mol. The summed E-state index contributed by atoms with van der Waals surface area (Å²) >= 11 is 1.50. The highest BCUT2D eigenvalue weighted by Gasteiger charge is 2.28. The van der Waals surface area contributed by atoms with Gasteiger partial charge in [-0.05, 0) is 44.4 Å². The summed E-state index contributed by atoms with van der Waals surface area (Å²) in [6.45, 7) is 3.00. The molecule has 0 bridgehead atoms. The Hall–Kier alpha value is -2.98. The predicted molar refractivity (Wildman–Crippen MR) is 129 cm³/mol. The van der Waals surface area contributed by atoms with Crippen molar-refractivity contribution in [2.75, 3.05) is 38.6 Å². The number of rotatable bonds is 4. The number of aromatic nitrogens is 3. The van der Waals surface area contributed by atoms with Gasteiger partial charge in [0.15, 0.2) is 0 Å². The number of piperidine rings is 2. The van der Waals surface area contributed by atoms with Gasteiger partial charge in [0.25, 0.3) is 5.56 Å². The molecule has 2 aliphatic heterocycles. The minimum Gasteiger partial charge on any atom is -0.453 e. The van der Waals surface area contributed by atoms with Gasteiger partial charge < -0.3 is 25.3 Å². The first-order valence-corrected chi connectivity index (χ1v) is 12.2. The number of likely N-dealkylation sites (tertiary alicyclic amines) is 1. The number of thiazole rings is 1. The number of para-hydroxylation sites is 1.